The number of amides is 1. The fourth-order valence-electron chi connectivity index (χ4n) is 4.33. The lowest BCUT2D eigenvalue weighted by molar-refractivity contribution is -0.127. The summed E-state index contributed by atoms with van der Waals surface area (Å²) in [5.41, 5.74) is 10.2. The molecule has 0 bridgehead atoms. The normalized spacial score (nSPS) is 16.4. The Morgan fingerprint density at radius 1 is 1.12 bits per heavy atom. The van der Waals surface area contributed by atoms with Gasteiger partial charge in [-0.15, -0.1) is 0 Å². The number of aldehydes is 1. The average molecular weight is 433 g/mol. The minimum atomic E-state index is -0.867. The van der Waals surface area contributed by atoms with Crippen molar-refractivity contribution in [3.63, 3.8) is 0 Å². The van der Waals surface area contributed by atoms with Gasteiger partial charge in [0.15, 0.2) is 0 Å². The van der Waals surface area contributed by atoms with Crippen LogP contribution in [0.1, 0.15) is 60.0 Å². The topological polar surface area (TPSA) is 108 Å². The molecule has 1 aliphatic rings. The molecule has 168 valence electrons. The van der Waals surface area contributed by atoms with Gasteiger partial charge in [-0.25, -0.2) is 0 Å². The molecule has 1 aliphatic carbocycles. The van der Waals surface area contributed by atoms with Gasteiger partial charge in [0.25, 0.3) is 0 Å². The number of hydrogen-bond acceptors (Lipinski definition) is 5. The average Bonchev–Trinajstić information content (AvgIpc) is 3.04. The van der Waals surface area contributed by atoms with Gasteiger partial charge in [-0.2, -0.15) is 5.26 Å². The predicted octanol–water partition coefficient (Wildman–Crippen LogP) is 3.49. The third kappa shape index (κ3) is 5.82. The van der Waals surface area contributed by atoms with Gasteiger partial charge in [-0.3, -0.25) is 9.59 Å². The first-order valence-electron chi connectivity index (χ1n) is 11.3. The molecule has 0 heterocycles. The molecule has 6 nitrogen and oxygen atoms in total. The summed E-state index contributed by atoms with van der Waals surface area (Å²) >= 11 is 0. The largest absolute Gasteiger partial charge is 0.338 e. The van der Waals surface area contributed by atoms with Gasteiger partial charge in [-0.05, 0) is 48.2 Å². The van der Waals surface area contributed by atoms with E-state index >= 15 is 0 Å². The lowest BCUT2D eigenvalue weighted by atomic mass is 9.90. The number of nitrogens with two attached hydrogens (primary N) is 1. The second-order valence-electron chi connectivity index (χ2n) is 8.69. The summed E-state index contributed by atoms with van der Waals surface area (Å²) in [4.78, 5) is 24.0. The molecule has 6 heteroatoms. The van der Waals surface area contributed by atoms with E-state index < -0.39 is 11.6 Å². The van der Waals surface area contributed by atoms with Gasteiger partial charge in [0.1, 0.15) is 12.3 Å². The molecule has 1 amide bonds. The summed E-state index contributed by atoms with van der Waals surface area (Å²) in [6, 6.07) is 15.3. The molecular formula is C26H32N4O2. The molecule has 2 aromatic rings. The van der Waals surface area contributed by atoms with E-state index in [4.69, 9.17) is 5.73 Å². The summed E-state index contributed by atoms with van der Waals surface area (Å²) in [5.74, 6) is -0.213. The molecule has 2 aromatic carbocycles. The van der Waals surface area contributed by atoms with Crippen LogP contribution in [0.15, 0.2) is 42.5 Å². The minimum Gasteiger partial charge on any atom is -0.338 e. The van der Waals surface area contributed by atoms with Crippen LogP contribution in [0.2, 0.25) is 0 Å². The number of benzene rings is 2. The number of hydrogen-bond donors (Lipinski definition) is 3. The standard InChI is InChI=1S/C26H32N4O2/c1-29-17-23-15-21(10-11-22(23)18-31)20-8-6-19(7-9-20)14-24(16-27)30-25(32)26(28)12-4-2-3-5-13-26/h6-11,15,18,24,29H,2-5,12-14,17,28H2,1H3,(H,30,32)/t24-/m0/s1. The first kappa shape index (κ1) is 23.6. The van der Waals surface area contributed by atoms with Crippen molar-refractivity contribution in [2.24, 2.45) is 5.73 Å². The third-order valence-electron chi connectivity index (χ3n) is 6.27. The van der Waals surface area contributed by atoms with Gasteiger partial charge in [0, 0.05) is 18.5 Å². The molecule has 4 N–H and O–H groups in total. The molecule has 0 spiro atoms. The predicted molar refractivity (Wildman–Crippen MR) is 126 cm³/mol. The molecule has 0 radical (unpaired) electrons. The van der Waals surface area contributed by atoms with Gasteiger partial charge < -0.3 is 16.4 Å². The highest BCUT2D eigenvalue weighted by Gasteiger charge is 2.35. The quantitative estimate of drug-likeness (QED) is 0.437. The van der Waals surface area contributed by atoms with E-state index in [9.17, 15) is 14.9 Å². The zero-order valence-electron chi connectivity index (χ0n) is 18.7. The maximum Gasteiger partial charge on any atom is 0.241 e. The number of nitrogens with one attached hydrogen (secondary N) is 2. The van der Waals surface area contributed by atoms with Crippen molar-refractivity contribution >= 4 is 12.2 Å². The lowest BCUT2D eigenvalue weighted by Crippen LogP contribution is -2.56. The van der Waals surface area contributed by atoms with Crippen LogP contribution in [-0.2, 0) is 17.8 Å². The molecule has 0 saturated heterocycles. The second-order valence-corrected chi connectivity index (χ2v) is 8.69. The second kappa shape index (κ2) is 11.0. The van der Waals surface area contributed by atoms with E-state index in [1.807, 2.05) is 49.5 Å². The maximum absolute atomic E-state index is 12.8. The van der Waals surface area contributed by atoms with E-state index in [0.717, 1.165) is 54.2 Å². The van der Waals surface area contributed by atoms with E-state index in [2.05, 4.69) is 16.7 Å². The SMILES string of the molecule is CNCc1cc(-c2ccc(C[C@@H](C#N)NC(=O)C3(N)CCCCCC3)cc2)ccc1C=O. The van der Waals surface area contributed by atoms with Crippen molar-refractivity contribution in [1.29, 1.82) is 5.26 Å². The van der Waals surface area contributed by atoms with Crippen LogP contribution in [0, 0.1) is 11.3 Å². The highest BCUT2D eigenvalue weighted by molar-refractivity contribution is 5.86. The molecular weight excluding hydrogens is 400 g/mol. The number of carbonyl (C=O) groups excluding carboxylic acids is 2. The third-order valence-corrected chi connectivity index (χ3v) is 6.27. The van der Waals surface area contributed by atoms with Gasteiger partial charge in [0.2, 0.25) is 5.91 Å². The smallest absolute Gasteiger partial charge is 0.241 e. The molecule has 1 atom stereocenters. The van der Waals surface area contributed by atoms with Gasteiger partial charge in [-0.1, -0.05) is 62.1 Å². The number of rotatable bonds is 8. The zero-order chi connectivity index (χ0) is 23.0. The zero-order valence-corrected chi connectivity index (χ0v) is 18.7. The Hall–Kier alpha value is -3.01. The van der Waals surface area contributed by atoms with Crippen LogP contribution >= 0.6 is 0 Å². The Balaban J connectivity index is 1.68. The fraction of sp³-hybridized carbons (Fsp3) is 0.423. The monoisotopic (exact) mass is 432 g/mol. The van der Waals surface area contributed by atoms with Crippen LogP contribution in [0.5, 0.6) is 0 Å². The highest BCUT2D eigenvalue weighted by atomic mass is 16.2. The van der Waals surface area contributed by atoms with E-state index in [1.54, 1.807) is 0 Å². The van der Waals surface area contributed by atoms with Crippen LogP contribution < -0.4 is 16.4 Å². The molecule has 0 unspecified atom stereocenters. The summed E-state index contributed by atoms with van der Waals surface area (Å²) < 4.78 is 0. The van der Waals surface area contributed by atoms with E-state index in [0.29, 0.717) is 31.4 Å². The van der Waals surface area contributed by atoms with E-state index in [1.165, 1.54) is 0 Å². The van der Waals surface area contributed by atoms with Crippen LogP contribution in [0.4, 0.5) is 0 Å². The Morgan fingerprint density at radius 3 is 2.38 bits per heavy atom. The first-order chi connectivity index (χ1) is 15.5. The summed E-state index contributed by atoms with van der Waals surface area (Å²) in [5, 5.41) is 15.6. The molecule has 0 aromatic heterocycles. The van der Waals surface area contributed by atoms with Crippen molar-refractivity contribution in [2.75, 3.05) is 7.05 Å². The van der Waals surface area contributed by atoms with Crippen LogP contribution in [0.3, 0.4) is 0 Å². The Bertz CT molecular complexity index is 970. The molecule has 1 saturated carbocycles. The number of nitriles is 1. The molecule has 0 aliphatic heterocycles. The van der Waals surface area contributed by atoms with Crippen molar-refractivity contribution in [1.82, 2.24) is 10.6 Å². The Morgan fingerprint density at radius 2 is 1.78 bits per heavy atom. The van der Waals surface area contributed by atoms with Crippen molar-refractivity contribution < 1.29 is 9.59 Å². The Labute approximate surface area is 190 Å². The summed E-state index contributed by atoms with van der Waals surface area (Å²) in [6.07, 6.45) is 6.75. The Kier molecular flexibility index (Phi) is 8.15. The van der Waals surface area contributed by atoms with Gasteiger partial charge >= 0.3 is 0 Å². The number of nitrogens with zero attached hydrogens (tertiary/aromatic N) is 1. The maximum atomic E-state index is 12.8. The summed E-state index contributed by atoms with van der Waals surface area (Å²) in [6.45, 7) is 0.617. The van der Waals surface area contributed by atoms with Crippen molar-refractivity contribution in [2.45, 2.75) is 63.1 Å². The highest BCUT2D eigenvalue weighted by Crippen LogP contribution is 2.26. The first-order valence-corrected chi connectivity index (χ1v) is 11.3. The number of carbonyl (C=O) groups is 2. The minimum absolute atomic E-state index is 0.213. The van der Waals surface area contributed by atoms with E-state index in [-0.39, 0.29) is 5.91 Å². The van der Waals surface area contributed by atoms with Crippen LogP contribution in [0.25, 0.3) is 11.1 Å². The summed E-state index contributed by atoms with van der Waals surface area (Å²) in [7, 11) is 1.85. The lowest BCUT2D eigenvalue weighted by Gasteiger charge is -2.28. The van der Waals surface area contributed by atoms with Crippen molar-refractivity contribution in [3.05, 3.63) is 59.2 Å². The molecule has 3 rings (SSSR count). The van der Waals surface area contributed by atoms with Crippen molar-refractivity contribution in [3.8, 4) is 17.2 Å². The molecule has 1 fully saturated rings. The fourth-order valence-corrected chi connectivity index (χ4v) is 4.33. The molecule has 32 heavy (non-hydrogen) atoms. The van der Waals surface area contributed by atoms with Gasteiger partial charge in [0.05, 0.1) is 11.6 Å². The van der Waals surface area contributed by atoms with Crippen LogP contribution in [-0.4, -0.2) is 30.8 Å².